The van der Waals surface area contributed by atoms with Crippen molar-refractivity contribution in [1.82, 2.24) is 4.98 Å². The maximum atomic E-state index is 10.9. The lowest BCUT2D eigenvalue weighted by molar-refractivity contribution is 0.0696. The van der Waals surface area contributed by atoms with Gasteiger partial charge in [-0.15, -0.1) is 0 Å². The van der Waals surface area contributed by atoms with Gasteiger partial charge in [-0.1, -0.05) is 0 Å². The zero-order valence-electron chi connectivity index (χ0n) is 9.99. The Hall–Kier alpha value is -1.23. The first-order chi connectivity index (χ1) is 8.04. The SMILES string of the molecule is CSC1(CNc2cc(C(=O)O)cc(C)n2)CC1. The number of carboxylic acid groups (broad SMARTS) is 1. The van der Waals surface area contributed by atoms with Gasteiger partial charge >= 0.3 is 5.97 Å². The Morgan fingerprint density at radius 1 is 1.59 bits per heavy atom. The Bertz CT molecular complexity index is 444. The van der Waals surface area contributed by atoms with E-state index in [1.165, 1.54) is 12.8 Å². The molecule has 0 saturated heterocycles. The highest BCUT2D eigenvalue weighted by molar-refractivity contribution is 8.00. The Kier molecular flexibility index (Phi) is 3.28. The summed E-state index contributed by atoms with van der Waals surface area (Å²) in [6.07, 6.45) is 4.55. The molecule has 0 atom stereocenters. The van der Waals surface area contributed by atoms with Crippen LogP contribution in [-0.4, -0.2) is 33.6 Å². The van der Waals surface area contributed by atoms with Gasteiger partial charge in [0.2, 0.25) is 0 Å². The number of thioether (sulfide) groups is 1. The van der Waals surface area contributed by atoms with Gasteiger partial charge in [0.05, 0.1) is 5.56 Å². The van der Waals surface area contributed by atoms with Gasteiger partial charge in [0.25, 0.3) is 0 Å². The fourth-order valence-corrected chi connectivity index (χ4v) is 2.45. The Morgan fingerprint density at radius 2 is 2.29 bits per heavy atom. The van der Waals surface area contributed by atoms with Crippen LogP contribution in [0.2, 0.25) is 0 Å². The number of aromatic carboxylic acids is 1. The van der Waals surface area contributed by atoms with Crippen LogP contribution >= 0.6 is 11.8 Å². The predicted octanol–water partition coefficient (Wildman–Crippen LogP) is 2.40. The van der Waals surface area contributed by atoms with Gasteiger partial charge in [0.15, 0.2) is 0 Å². The number of hydrogen-bond acceptors (Lipinski definition) is 4. The summed E-state index contributed by atoms with van der Waals surface area (Å²) in [5.74, 6) is -0.257. The summed E-state index contributed by atoms with van der Waals surface area (Å²) in [5.41, 5.74) is 1.01. The van der Waals surface area contributed by atoms with Crippen LogP contribution in [0.1, 0.15) is 28.9 Å². The first kappa shape index (κ1) is 12.2. The molecule has 0 bridgehead atoms. The van der Waals surface area contributed by atoms with E-state index in [-0.39, 0.29) is 5.56 Å². The minimum atomic E-state index is -0.912. The van der Waals surface area contributed by atoms with Crippen LogP contribution in [0.25, 0.3) is 0 Å². The number of carbonyl (C=O) groups is 1. The zero-order chi connectivity index (χ0) is 12.5. The second-order valence-corrected chi connectivity index (χ2v) is 5.70. The van der Waals surface area contributed by atoms with Crippen molar-refractivity contribution in [2.24, 2.45) is 0 Å². The number of carboxylic acids is 1. The molecule has 1 aromatic heterocycles. The molecular weight excluding hydrogens is 236 g/mol. The summed E-state index contributed by atoms with van der Waals surface area (Å²) in [4.78, 5) is 15.2. The smallest absolute Gasteiger partial charge is 0.335 e. The highest BCUT2D eigenvalue weighted by atomic mass is 32.2. The van der Waals surface area contributed by atoms with Gasteiger partial charge in [0, 0.05) is 17.0 Å². The molecule has 17 heavy (non-hydrogen) atoms. The van der Waals surface area contributed by atoms with Crippen LogP contribution in [0.5, 0.6) is 0 Å². The first-order valence-corrected chi connectivity index (χ1v) is 6.78. The van der Waals surface area contributed by atoms with Gasteiger partial charge in [-0.2, -0.15) is 11.8 Å². The van der Waals surface area contributed by atoms with Crippen molar-refractivity contribution >= 4 is 23.5 Å². The zero-order valence-corrected chi connectivity index (χ0v) is 10.8. The quantitative estimate of drug-likeness (QED) is 0.842. The third-order valence-electron chi connectivity index (χ3n) is 3.03. The Balaban J connectivity index is 2.07. The van der Waals surface area contributed by atoms with Crippen molar-refractivity contribution in [1.29, 1.82) is 0 Å². The molecule has 1 aromatic rings. The van der Waals surface area contributed by atoms with Gasteiger partial charge in [-0.25, -0.2) is 9.78 Å². The normalized spacial score (nSPS) is 16.6. The molecule has 2 N–H and O–H groups in total. The molecule has 1 saturated carbocycles. The fourth-order valence-electron chi connectivity index (χ4n) is 1.73. The number of rotatable bonds is 5. The molecule has 0 unspecified atom stereocenters. The van der Waals surface area contributed by atoms with Crippen LogP contribution in [-0.2, 0) is 0 Å². The van der Waals surface area contributed by atoms with E-state index in [1.54, 1.807) is 19.1 Å². The molecule has 5 heteroatoms. The van der Waals surface area contributed by atoms with Crippen molar-refractivity contribution in [2.75, 3.05) is 18.1 Å². The second kappa shape index (κ2) is 4.56. The van der Waals surface area contributed by atoms with E-state index in [9.17, 15) is 4.79 Å². The largest absolute Gasteiger partial charge is 0.478 e. The number of anilines is 1. The van der Waals surface area contributed by atoms with Gasteiger partial charge in [-0.3, -0.25) is 0 Å². The summed E-state index contributed by atoms with van der Waals surface area (Å²) in [6.45, 7) is 2.66. The maximum absolute atomic E-state index is 10.9. The highest BCUT2D eigenvalue weighted by Gasteiger charge is 2.41. The molecule has 0 aliphatic heterocycles. The van der Waals surface area contributed by atoms with E-state index in [2.05, 4.69) is 16.6 Å². The van der Waals surface area contributed by atoms with Crippen molar-refractivity contribution in [2.45, 2.75) is 24.5 Å². The number of aromatic nitrogens is 1. The van der Waals surface area contributed by atoms with Crippen molar-refractivity contribution in [3.8, 4) is 0 Å². The van der Waals surface area contributed by atoms with E-state index in [0.29, 0.717) is 10.6 Å². The minimum absolute atomic E-state index is 0.286. The van der Waals surface area contributed by atoms with E-state index in [4.69, 9.17) is 5.11 Å². The van der Waals surface area contributed by atoms with E-state index < -0.39 is 5.97 Å². The summed E-state index contributed by atoms with van der Waals surface area (Å²) in [6, 6.07) is 3.17. The molecule has 0 spiro atoms. The predicted molar refractivity (Wildman–Crippen MR) is 69.9 cm³/mol. The number of hydrogen-bond donors (Lipinski definition) is 2. The van der Waals surface area contributed by atoms with E-state index >= 15 is 0 Å². The lowest BCUT2D eigenvalue weighted by Crippen LogP contribution is -2.18. The maximum Gasteiger partial charge on any atom is 0.335 e. The monoisotopic (exact) mass is 252 g/mol. The van der Waals surface area contributed by atoms with Crippen molar-refractivity contribution < 1.29 is 9.90 Å². The molecule has 4 nitrogen and oxygen atoms in total. The second-order valence-electron chi connectivity index (χ2n) is 4.43. The van der Waals surface area contributed by atoms with Crippen LogP contribution in [0, 0.1) is 6.92 Å². The molecule has 92 valence electrons. The lowest BCUT2D eigenvalue weighted by Gasteiger charge is -2.14. The van der Waals surface area contributed by atoms with E-state index in [1.807, 2.05) is 11.8 Å². The molecule has 0 radical (unpaired) electrons. The van der Waals surface area contributed by atoms with Gasteiger partial charge < -0.3 is 10.4 Å². The van der Waals surface area contributed by atoms with E-state index in [0.717, 1.165) is 12.2 Å². The third-order valence-corrected chi connectivity index (χ3v) is 4.45. The Morgan fingerprint density at radius 3 is 2.82 bits per heavy atom. The number of nitrogens with zero attached hydrogens (tertiary/aromatic N) is 1. The summed E-state index contributed by atoms with van der Waals surface area (Å²) in [7, 11) is 0. The number of nitrogens with one attached hydrogen (secondary N) is 1. The van der Waals surface area contributed by atoms with Crippen molar-refractivity contribution in [3.63, 3.8) is 0 Å². The number of aryl methyl sites for hydroxylation is 1. The van der Waals surface area contributed by atoms with Gasteiger partial charge in [0.1, 0.15) is 5.82 Å². The average Bonchev–Trinajstić information content (AvgIpc) is 3.06. The molecule has 1 heterocycles. The first-order valence-electron chi connectivity index (χ1n) is 5.56. The standard InChI is InChI=1S/C12H16N2O2S/c1-8-5-9(11(15)16)6-10(14-8)13-7-12(17-2)3-4-12/h5-6H,3-4,7H2,1-2H3,(H,13,14)(H,15,16). The van der Waals surface area contributed by atoms with Gasteiger partial charge in [-0.05, 0) is 38.2 Å². The van der Waals surface area contributed by atoms with Crippen molar-refractivity contribution in [3.05, 3.63) is 23.4 Å². The van der Waals surface area contributed by atoms with Crippen LogP contribution in [0.4, 0.5) is 5.82 Å². The summed E-state index contributed by atoms with van der Waals surface area (Å²) < 4.78 is 0.342. The third kappa shape index (κ3) is 2.91. The molecule has 1 fully saturated rings. The average molecular weight is 252 g/mol. The van der Waals surface area contributed by atoms with Crippen LogP contribution in [0.3, 0.4) is 0 Å². The minimum Gasteiger partial charge on any atom is -0.478 e. The molecule has 1 aliphatic carbocycles. The fraction of sp³-hybridized carbons (Fsp3) is 0.500. The molecule has 2 rings (SSSR count). The molecule has 1 aliphatic rings. The number of pyridine rings is 1. The summed E-state index contributed by atoms with van der Waals surface area (Å²) in [5, 5.41) is 12.2. The van der Waals surface area contributed by atoms with Crippen LogP contribution in [0.15, 0.2) is 12.1 Å². The molecule has 0 aromatic carbocycles. The Labute approximate surface area is 105 Å². The molecule has 0 amide bonds. The lowest BCUT2D eigenvalue weighted by atomic mass is 10.2. The highest BCUT2D eigenvalue weighted by Crippen LogP contribution is 2.46. The topological polar surface area (TPSA) is 62.2 Å². The molecular formula is C12H16N2O2S. The summed E-state index contributed by atoms with van der Waals surface area (Å²) >= 11 is 1.87. The van der Waals surface area contributed by atoms with Crippen LogP contribution < -0.4 is 5.32 Å².